The quantitative estimate of drug-likeness (QED) is 0.331. The summed E-state index contributed by atoms with van der Waals surface area (Å²) in [7, 11) is 4.20. The van der Waals surface area contributed by atoms with Gasteiger partial charge in [0.2, 0.25) is 0 Å². The molecule has 0 unspecified atom stereocenters. The van der Waals surface area contributed by atoms with Gasteiger partial charge in [0.15, 0.2) is 5.96 Å². The maximum absolute atomic E-state index is 4.85. The van der Waals surface area contributed by atoms with Gasteiger partial charge in [-0.15, -0.1) is 24.0 Å². The molecule has 4 nitrogen and oxygen atoms in total. The first-order valence-electron chi connectivity index (χ1n) is 9.92. The number of hydrogen-bond acceptors (Lipinski definition) is 2. The molecule has 1 aliphatic carbocycles. The van der Waals surface area contributed by atoms with Crippen LogP contribution in [0.5, 0.6) is 0 Å². The minimum absolute atomic E-state index is 0. The molecule has 1 saturated carbocycles. The Hall–Kier alpha value is -1.60. The van der Waals surface area contributed by atoms with Crippen molar-refractivity contribution < 1.29 is 0 Å². The van der Waals surface area contributed by atoms with Crippen molar-refractivity contribution in [2.75, 3.05) is 27.2 Å². The first-order valence-corrected chi connectivity index (χ1v) is 9.92. The van der Waals surface area contributed by atoms with Gasteiger partial charge in [-0.05, 0) is 50.6 Å². The van der Waals surface area contributed by atoms with Gasteiger partial charge in [-0.25, -0.2) is 4.99 Å². The van der Waals surface area contributed by atoms with Crippen molar-refractivity contribution in [1.29, 1.82) is 0 Å². The lowest BCUT2D eigenvalue weighted by atomic mass is 9.96. The normalized spacial score (nSPS) is 15.1. The lowest BCUT2D eigenvalue weighted by Gasteiger charge is -2.19. The molecule has 0 heterocycles. The lowest BCUT2D eigenvalue weighted by molar-refractivity contribution is 0.401. The van der Waals surface area contributed by atoms with Gasteiger partial charge < -0.3 is 15.5 Å². The van der Waals surface area contributed by atoms with Gasteiger partial charge in [-0.2, -0.15) is 0 Å². The Balaban J connectivity index is 0.00000280. The lowest BCUT2D eigenvalue weighted by Crippen LogP contribution is -2.41. The minimum atomic E-state index is 0. The van der Waals surface area contributed by atoms with E-state index >= 15 is 0 Å². The van der Waals surface area contributed by atoms with E-state index in [9.17, 15) is 0 Å². The monoisotopic (exact) mass is 492 g/mol. The van der Waals surface area contributed by atoms with E-state index in [1.165, 1.54) is 29.5 Å². The zero-order chi connectivity index (χ0) is 19.1. The van der Waals surface area contributed by atoms with Crippen molar-refractivity contribution >= 4 is 29.9 Å². The van der Waals surface area contributed by atoms with Crippen LogP contribution in [0.25, 0.3) is 0 Å². The van der Waals surface area contributed by atoms with Crippen molar-refractivity contribution in [3.8, 4) is 0 Å². The number of benzene rings is 2. The third-order valence-corrected chi connectivity index (χ3v) is 5.19. The van der Waals surface area contributed by atoms with Gasteiger partial charge in [-0.1, -0.05) is 54.6 Å². The van der Waals surface area contributed by atoms with Gasteiger partial charge in [0.05, 0.1) is 6.54 Å². The summed E-state index contributed by atoms with van der Waals surface area (Å²) in [6.07, 6.45) is 2.49. The highest BCUT2D eigenvalue weighted by Gasteiger charge is 2.43. The predicted molar refractivity (Wildman–Crippen MR) is 129 cm³/mol. The Bertz CT molecular complexity index is 754. The molecule has 0 bridgehead atoms. The predicted octanol–water partition coefficient (Wildman–Crippen LogP) is 4.15. The average molecular weight is 492 g/mol. The van der Waals surface area contributed by atoms with Crippen molar-refractivity contribution in [2.24, 2.45) is 4.99 Å². The molecule has 152 valence electrons. The highest BCUT2D eigenvalue weighted by atomic mass is 127. The second-order valence-corrected chi connectivity index (χ2v) is 7.70. The molecule has 1 aliphatic rings. The van der Waals surface area contributed by atoms with Crippen LogP contribution in [0.3, 0.4) is 0 Å². The van der Waals surface area contributed by atoms with Crippen LogP contribution in [0.4, 0.5) is 0 Å². The summed E-state index contributed by atoms with van der Waals surface area (Å²) in [4.78, 5) is 7.05. The molecule has 0 atom stereocenters. The van der Waals surface area contributed by atoms with E-state index in [0.29, 0.717) is 6.54 Å². The third kappa shape index (κ3) is 6.21. The number of nitrogens with one attached hydrogen (secondary N) is 2. The fourth-order valence-electron chi connectivity index (χ4n) is 3.48. The minimum Gasteiger partial charge on any atom is -0.357 e. The van der Waals surface area contributed by atoms with Crippen LogP contribution in [0.2, 0.25) is 0 Å². The molecule has 1 fully saturated rings. The first kappa shape index (κ1) is 22.7. The largest absolute Gasteiger partial charge is 0.357 e. The highest BCUT2D eigenvalue weighted by molar-refractivity contribution is 14.0. The smallest absolute Gasteiger partial charge is 0.191 e. The topological polar surface area (TPSA) is 39.7 Å². The van der Waals surface area contributed by atoms with E-state index in [-0.39, 0.29) is 29.4 Å². The van der Waals surface area contributed by atoms with Gasteiger partial charge in [0.25, 0.3) is 0 Å². The van der Waals surface area contributed by atoms with Crippen LogP contribution in [-0.4, -0.2) is 38.0 Å². The van der Waals surface area contributed by atoms with E-state index in [2.05, 4.69) is 91.1 Å². The summed E-state index contributed by atoms with van der Waals surface area (Å²) in [6.45, 7) is 5.54. The third-order valence-electron chi connectivity index (χ3n) is 5.19. The van der Waals surface area contributed by atoms with Crippen LogP contribution in [0.1, 0.15) is 36.5 Å². The number of aliphatic imine (C=N–C) groups is 1. The molecule has 2 N–H and O–H groups in total. The fourth-order valence-corrected chi connectivity index (χ4v) is 3.48. The van der Waals surface area contributed by atoms with Crippen LogP contribution in [0.15, 0.2) is 59.6 Å². The molecule has 28 heavy (non-hydrogen) atoms. The summed E-state index contributed by atoms with van der Waals surface area (Å²) in [5, 5.41) is 6.97. The van der Waals surface area contributed by atoms with Crippen LogP contribution >= 0.6 is 24.0 Å². The SMILES string of the molecule is CCNC(=NCc1ccccc1CN(C)C)NCC1(c2ccccc2)CC1.I. The average Bonchev–Trinajstić information content (AvgIpc) is 3.46. The summed E-state index contributed by atoms with van der Waals surface area (Å²) in [5.74, 6) is 0.902. The molecule has 5 heteroatoms. The number of nitrogens with zero attached hydrogens (tertiary/aromatic N) is 2. The van der Waals surface area contributed by atoms with Crippen LogP contribution in [-0.2, 0) is 18.5 Å². The van der Waals surface area contributed by atoms with Gasteiger partial charge >= 0.3 is 0 Å². The Labute approximate surface area is 186 Å². The van der Waals surface area contributed by atoms with E-state index < -0.39 is 0 Å². The van der Waals surface area contributed by atoms with E-state index in [1.54, 1.807) is 0 Å². The van der Waals surface area contributed by atoms with E-state index in [4.69, 9.17) is 4.99 Å². The van der Waals surface area contributed by atoms with Crippen molar-refractivity contribution in [2.45, 2.75) is 38.3 Å². The molecule has 3 rings (SSSR count). The molecular formula is C23H33IN4. The number of rotatable bonds is 8. The Morgan fingerprint density at radius 3 is 2.21 bits per heavy atom. The fraction of sp³-hybridized carbons (Fsp3) is 0.435. The first-order chi connectivity index (χ1) is 13.1. The number of halogens is 1. The molecule has 0 spiro atoms. The van der Waals surface area contributed by atoms with Crippen molar-refractivity contribution in [3.63, 3.8) is 0 Å². The molecule has 0 radical (unpaired) electrons. The summed E-state index contributed by atoms with van der Waals surface area (Å²) in [6, 6.07) is 19.4. The molecule has 0 amide bonds. The summed E-state index contributed by atoms with van der Waals surface area (Å²) >= 11 is 0. The summed E-state index contributed by atoms with van der Waals surface area (Å²) in [5.41, 5.74) is 4.34. The van der Waals surface area contributed by atoms with Crippen molar-refractivity contribution in [3.05, 3.63) is 71.3 Å². The Morgan fingerprint density at radius 1 is 0.964 bits per heavy atom. The molecular weight excluding hydrogens is 459 g/mol. The molecule has 2 aromatic rings. The summed E-state index contributed by atoms with van der Waals surface area (Å²) < 4.78 is 0. The zero-order valence-electron chi connectivity index (χ0n) is 17.2. The van der Waals surface area contributed by atoms with E-state index in [1.807, 2.05) is 0 Å². The van der Waals surface area contributed by atoms with Gasteiger partial charge in [0, 0.05) is 25.0 Å². The number of hydrogen-bond donors (Lipinski definition) is 2. The molecule has 0 aliphatic heterocycles. The molecule has 0 saturated heterocycles. The maximum atomic E-state index is 4.85. The maximum Gasteiger partial charge on any atom is 0.191 e. The van der Waals surface area contributed by atoms with Gasteiger partial charge in [-0.3, -0.25) is 0 Å². The van der Waals surface area contributed by atoms with Crippen LogP contribution in [0, 0.1) is 0 Å². The van der Waals surface area contributed by atoms with Crippen molar-refractivity contribution in [1.82, 2.24) is 15.5 Å². The number of guanidine groups is 1. The van der Waals surface area contributed by atoms with Crippen LogP contribution < -0.4 is 10.6 Å². The molecule has 2 aromatic carbocycles. The second-order valence-electron chi connectivity index (χ2n) is 7.70. The highest BCUT2D eigenvalue weighted by Crippen LogP contribution is 2.47. The molecule has 0 aromatic heterocycles. The van der Waals surface area contributed by atoms with Gasteiger partial charge in [0.1, 0.15) is 0 Å². The Kier molecular flexibility index (Phi) is 8.76. The zero-order valence-corrected chi connectivity index (χ0v) is 19.6. The second kappa shape index (κ2) is 10.8. The Morgan fingerprint density at radius 2 is 1.61 bits per heavy atom. The van der Waals surface area contributed by atoms with E-state index in [0.717, 1.165) is 25.6 Å². The standard InChI is InChI=1S/C23H32N4.HI/c1-4-24-22(25-16-19-10-8-9-11-20(19)17-27(2)3)26-18-23(14-15-23)21-12-6-5-7-13-21;/h5-13H,4,14-18H2,1-3H3,(H2,24,25,26);1H.